The zero-order valence-corrected chi connectivity index (χ0v) is 13.4. The Hall–Kier alpha value is -1.53. The van der Waals surface area contributed by atoms with Crippen molar-refractivity contribution < 1.29 is 8.78 Å². The molecular weight excluding hydrogens is 358 g/mol. The number of hydrogen-bond donors (Lipinski definition) is 1. The molecule has 2 aromatic carbocycles. The molecule has 0 bridgehead atoms. The molecular formula is C15H11BrF2N2S. The van der Waals surface area contributed by atoms with Crippen LogP contribution < -0.4 is 5.73 Å². The lowest BCUT2D eigenvalue weighted by molar-refractivity contribution is 0.0175. The molecule has 0 unspecified atom stereocenters. The number of fused-ring (bicyclic) bond motifs is 1. The molecule has 0 amide bonds. The molecule has 0 aliphatic carbocycles. The highest BCUT2D eigenvalue weighted by Crippen LogP contribution is 2.39. The van der Waals surface area contributed by atoms with Crippen LogP contribution in [0.4, 0.5) is 14.5 Å². The van der Waals surface area contributed by atoms with Crippen LogP contribution in [0, 0.1) is 0 Å². The van der Waals surface area contributed by atoms with Gasteiger partial charge < -0.3 is 5.73 Å². The molecule has 1 heterocycles. The van der Waals surface area contributed by atoms with Gasteiger partial charge in [0, 0.05) is 23.7 Å². The van der Waals surface area contributed by atoms with Crippen LogP contribution in [-0.2, 0) is 5.92 Å². The van der Waals surface area contributed by atoms with E-state index in [0.717, 1.165) is 32.7 Å². The molecule has 2 N–H and O–H groups in total. The van der Waals surface area contributed by atoms with E-state index in [1.807, 2.05) is 6.07 Å². The van der Waals surface area contributed by atoms with E-state index >= 15 is 0 Å². The minimum atomic E-state index is -2.84. The summed E-state index contributed by atoms with van der Waals surface area (Å²) in [5, 5.41) is 0. The number of hydrogen-bond acceptors (Lipinski definition) is 3. The van der Waals surface area contributed by atoms with E-state index in [2.05, 4.69) is 20.9 Å². The van der Waals surface area contributed by atoms with E-state index in [9.17, 15) is 8.78 Å². The fraction of sp³-hybridized carbons (Fsp3) is 0.133. The predicted molar refractivity (Wildman–Crippen MR) is 86.7 cm³/mol. The van der Waals surface area contributed by atoms with Crippen LogP contribution in [0.2, 0.25) is 0 Å². The van der Waals surface area contributed by atoms with Gasteiger partial charge in [0.1, 0.15) is 0 Å². The Morgan fingerprint density at radius 3 is 2.52 bits per heavy atom. The van der Waals surface area contributed by atoms with Gasteiger partial charge in [-0.15, -0.1) is 11.3 Å². The second kappa shape index (κ2) is 5.03. The van der Waals surface area contributed by atoms with Crippen LogP contribution in [0.15, 0.2) is 40.3 Å². The first-order valence-electron chi connectivity index (χ1n) is 6.18. The Kier molecular flexibility index (Phi) is 3.45. The number of nitrogens with two attached hydrogens (primary N) is 1. The first kappa shape index (κ1) is 14.4. The van der Waals surface area contributed by atoms with Gasteiger partial charge in [-0.1, -0.05) is 24.3 Å². The Balaban J connectivity index is 2.17. The second-order valence-corrected chi connectivity index (χ2v) is 6.47. The van der Waals surface area contributed by atoms with Crippen molar-refractivity contribution in [1.29, 1.82) is 0 Å². The van der Waals surface area contributed by atoms with Gasteiger partial charge in [0.05, 0.1) is 20.2 Å². The van der Waals surface area contributed by atoms with Crippen LogP contribution in [0.5, 0.6) is 0 Å². The third kappa shape index (κ3) is 2.53. The summed E-state index contributed by atoms with van der Waals surface area (Å²) in [6.45, 7) is 0.887. The summed E-state index contributed by atoms with van der Waals surface area (Å²) in [5.41, 5.74) is 10.8. The fourth-order valence-corrected chi connectivity index (χ4v) is 3.52. The standard InChI is InChI=1S/C15H11BrF2N2S/c1-15(17,18)9-4-2-8(3-5-9)10-6-11(19)12(16)14-13(10)20-7-21-14/h2-7H,19H2,1H3. The summed E-state index contributed by atoms with van der Waals surface area (Å²) in [5.74, 6) is -2.84. The van der Waals surface area contributed by atoms with E-state index in [4.69, 9.17) is 5.73 Å². The van der Waals surface area contributed by atoms with E-state index in [1.54, 1.807) is 17.6 Å². The molecule has 0 saturated heterocycles. The summed E-state index contributed by atoms with van der Waals surface area (Å²) in [6, 6.07) is 8.03. The molecule has 6 heteroatoms. The highest BCUT2D eigenvalue weighted by atomic mass is 79.9. The number of benzene rings is 2. The van der Waals surface area contributed by atoms with Crippen LogP contribution in [0.3, 0.4) is 0 Å². The number of nitrogen functional groups attached to an aromatic ring is 1. The van der Waals surface area contributed by atoms with Gasteiger partial charge in [0.15, 0.2) is 0 Å². The van der Waals surface area contributed by atoms with E-state index < -0.39 is 5.92 Å². The summed E-state index contributed by atoms with van der Waals surface area (Å²) in [4.78, 5) is 4.35. The van der Waals surface area contributed by atoms with Crippen molar-refractivity contribution in [2.45, 2.75) is 12.8 Å². The maximum absolute atomic E-state index is 13.3. The van der Waals surface area contributed by atoms with Crippen LogP contribution in [0.1, 0.15) is 12.5 Å². The number of aromatic nitrogens is 1. The molecule has 0 fully saturated rings. The Bertz CT molecular complexity index is 807. The summed E-state index contributed by atoms with van der Waals surface area (Å²) in [7, 11) is 0. The summed E-state index contributed by atoms with van der Waals surface area (Å²) >= 11 is 4.94. The molecule has 0 atom stereocenters. The number of halogens is 3. The quantitative estimate of drug-likeness (QED) is 0.613. The van der Waals surface area contributed by atoms with Gasteiger partial charge in [-0.25, -0.2) is 13.8 Å². The molecule has 3 aromatic rings. The normalized spacial score (nSPS) is 12.0. The maximum Gasteiger partial charge on any atom is 0.270 e. The van der Waals surface area contributed by atoms with E-state index in [-0.39, 0.29) is 5.56 Å². The number of nitrogens with zero attached hydrogens (tertiary/aromatic N) is 1. The zero-order valence-electron chi connectivity index (χ0n) is 11.0. The van der Waals surface area contributed by atoms with Gasteiger partial charge in [-0.2, -0.15) is 0 Å². The molecule has 108 valence electrons. The molecule has 3 rings (SSSR count). The van der Waals surface area contributed by atoms with E-state index in [0.29, 0.717) is 5.69 Å². The van der Waals surface area contributed by atoms with Gasteiger partial charge in [0.2, 0.25) is 0 Å². The van der Waals surface area contributed by atoms with Gasteiger partial charge in [-0.05, 0) is 27.6 Å². The van der Waals surface area contributed by atoms with Crippen LogP contribution >= 0.6 is 27.3 Å². The first-order chi connectivity index (χ1) is 9.88. The minimum Gasteiger partial charge on any atom is -0.398 e. The number of anilines is 1. The molecule has 0 aliphatic heterocycles. The molecule has 1 aromatic heterocycles. The average Bonchev–Trinajstić information content (AvgIpc) is 2.92. The summed E-state index contributed by atoms with van der Waals surface area (Å²) in [6.07, 6.45) is 0. The minimum absolute atomic E-state index is 0.00847. The van der Waals surface area contributed by atoms with Crippen molar-refractivity contribution in [1.82, 2.24) is 4.98 Å². The van der Waals surface area contributed by atoms with Gasteiger partial charge >= 0.3 is 0 Å². The first-order valence-corrected chi connectivity index (χ1v) is 7.85. The van der Waals surface area contributed by atoms with Crippen molar-refractivity contribution in [3.63, 3.8) is 0 Å². The van der Waals surface area contributed by atoms with Gasteiger partial charge in [-0.3, -0.25) is 0 Å². The SMILES string of the molecule is CC(F)(F)c1ccc(-c2cc(N)c(Br)c3scnc23)cc1. The Morgan fingerprint density at radius 1 is 1.24 bits per heavy atom. The zero-order chi connectivity index (χ0) is 15.2. The molecule has 0 aliphatic rings. The van der Waals surface area contributed by atoms with Crippen molar-refractivity contribution in [2.75, 3.05) is 5.73 Å². The second-order valence-electron chi connectivity index (χ2n) is 4.82. The number of thiazole rings is 1. The van der Waals surface area contributed by atoms with Gasteiger partial charge in [0.25, 0.3) is 5.92 Å². The number of rotatable bonds is 2. The average molecular weight is 369 g/mol. The lowest BCUT2D eigenvalue weighted by Gasteiger charge is -2.12. The molecule has 0 saturated carbocycles. The highest BCUT2D eigenvalue weighted by Gasteiger charge is 2.24. The van der Waals surface area contributed by atoms with Crippen LogP contribution in [0.25, 0.3) is 21.3 Å². The largest absolute Gasteiger partial charge is 0.398 e. The predicted octanol–water partition coefficient (Wildman–Crippen LogP) is 5.42. The smallest absolute Gasteiger partial charge is 0.270 e. The Morgan fingerprint density at radius 2 is 1.90 bits per heavy atom. The maximum atomic E-state index is 13.3. The Labute approximate surface area is 132 Å². The number of alkyl halides is 2. The monoisotopic (exact) mass is 368 g/mol. The van der Waals surface area contributed by atoms with Crippen molar-refractivity contribution in [3.05, 3.63) is 45.9 Å². The fourth-order valence-electron chi connectivity index (χ4n) is 2.17. The molecule has 0 radical (unpaired) electrons. The summed E-state index contributed by atoms with van der Waals surface area (Å²) < 4.78 is 28.3. The third-order valence-electron chi connectivity index (χ3n) is 3.28. The van der Waals surface area contributed by atoms with Crippen molar-refractivity contribution in [3.8, 4) is 11.1 Å². The molecule has 0 spiro atoms. The topological polar surface area (TPSA) is 38.9 Å². The van der Waals surface area contributed by atoms with Crippen molar-refractivity contribution >= 4 is 43.2 Å². The third-order valence-corrected chi connectivity index (χ3v) is 5.24. The molecule has 21 heavy (non-hydrogen) atoms. The van der Waals surface area contributed by atoms with E-state index in [1.165, 1.54) is 23.5 Å². The lowest BCUT2D eigenvalue weighted by Crippen LogP contribution is -2.06. The highest BCUT2D eigenvalue weighted by molar-refractivity contribution is 9.10. The lowest BCUT2D eigenvalue weighted by atomic mass is 10.0. The van der Waals surface area contributed by atoms with Crippen LogP contribution in [-0.4, -0.2) is 4.98 Å². The van der Waals surface area contributed by atoms with Crippen molar-refractivity contribution in [2.24, 2.45) is 0 Å². The molecule has 2 nitrogen and oxygen atoms in total.